The molecule has 0 aliphatic heterocycles. The van der Waals surface area contributed by atoms with Crippen molar-refractivity contribution in [3.63, 3.8) is 0 Å². The first-order valence-electron chi connectivity index (χ1n) is 7.31. The Morgan fingerprint density at radius 2 is 2.05 bits per heavy atom. The fourth-order valence-electron chi connectivity index (χ4n) is 2.49. The minimum atomic E-state index is -0.474. The molecule has 110 valence electrons. The lowest BCUT2D eigenvalue weighted by atomic mass is 10.1. The van der Waals surface area contributed by atoms with E-state index in [4.69, 9.17) is 0 Å². The van der Waals surface area contributed by atoms with E-state index >= 15 is 0 Å². The number of rotatable bonds is 5. The van der Waals surface area contributed by atoms with Gasteiger partial charge in [0.05, 0.1) is 11.4 Å². The van der Waals surface area contributed by atoms with Crippen LogP contribution in [0.25, 0.3) is 0 Å². The number of carbonyl (C=O) groups excluding carboxylic acids is 1. The molecule has 2 unspecified atom stereocenters. The zero-order chi connectivity index (χ0) is 14.5. The summed E-state index contributed by atoms with van der Waals surface area (Å²) >= 11 is 1.54. The van der Waals surface area contributed by atoms with E-state index in [9.17, 15) is 9.90 Å². The van der Waals surface area contributed by atoms with Crippen LogP contribution in [0.15, 0.2) is 29.2 Å². The van der Waals surface area contributed by atoms with E-state index in [0.717, 1.165) is 23.3 Å². The first-order valence-corrected chi connectivity index (χ1v) is 8.19. The van der Waals surface area contributed by atoms with Crippen LogP contribution in [0.1, 0.15) is 51.2 Å². The van der Waals surface area contributed by atoms with Gasteiger partial charge in [0.25, 0.3) is 0 Å². The van der Waals surface area contributed by atoms with Gasteiger partial charge in [0.15, 0.2) is 0 Å². The van der Waals surface area contributed by atoms with Crippen molar-refractivity contribution < 1.29 is 9.90 Å². The highest BCUT2D eigenvalue weighted by molar-refractivity contribution is 8.00. The molecule has 0 radical (unpaired) electrons. The minimum absolute atomic E-state index is 0.111. The Morgan fingerprint density at radius 3 is 2.70 bits per heavy atom. The van der Waals surface area contributed by atoms with Crippen LogP contribution in [0.4, 0.5) is 0 Å². The number of aliphatic hydroxyl groups is 1. The molecule has 3 nitrogen and oxygen atoms in total. The summed E-state index contributed by atoms with van der Waals surface area (Å²) in [6.45, 7) is 3.68. The van der Waals surface area contributed by atoms with E-state index in [2.05, 4.69) is 5.32 Å². The second kappa shape index (κ2) is 7.14. The minimum Gasteiger partial charge on any atom is -0.389 e. The maximum Gasteiger partial charge on any atom is 0.233 e. The van der Waals surface area contributed by atoms with Crippen molar-refractivity contribution in [2.24, 2.45) is 0 Å². The Labute approximate surface area is 125 Å². The summed E-state index contributed by atoms with van der Waals surface area (Å²) in [6.07, 6.45) is 4.20. The molecule has 20 heavy (non-hydrogen) atoms. The summed E-state index contributed by atoms with van der Waals surface area (Å²) in [4.78, 5) is 13.2. The monoisotopic (exact) mass is 293 g/mol. The fraction of sp³-hybridized carbons (Fsp3) is 0.562. The van der Waals surface area contributed by atoms with E-state index in [1.54, 1.807) is 18.7 Å². The first-order chi connectivity index (χ1) is 9.56. The number of hydrogen-bond acceptors (Lipinski definition) is 3. The van der Waals surface area contributed by atoms with Crippen molar-refractivity contribution in [1.82, 2.24) is 5.32 Å². The zero-order valence-electron chi connectivity index (χ0n) is 12.1. The molecule has 0 heterocycles. The highest BCUT2D eigenvalue weighted by Gasteiger charge is 2.21. The van der Waals surface area contributed by atoms with E-state index in [1.165, 1.54) is 12.8 Å². The maximum absolute atomic E-state index is 12.1. The van der Waals surface area contributed by atoms with E-state index in [0.29, 0.717) is 6.04 Å². The van der Waals surface area contributed by atoms with Gasteiger partial charge in [-0.2, -0.15) is 0 Å². The zero-order valence-corrected chi connectivity index (χ0v) is 13.0. The van der Waals surface area contributed by atoms with Crippen LogP contribution in [-0.2, 0) is 4.79 Å². The molecular weight excluding hydrogens is 270 g/mol. The molecule has 1 fully saturated rings. The Balaban J connectivity index is 1.91. The number of aliphatic hydroxyl groups excluding tert-OH is 1. The van der Waals surface area contributed by atoms with Crippen LogP contribution >= 0.6 is 11.8 Å². The normalized spacial score (nSPS) is 18.8. The third-order valence-electron chi connectivity index (χ3n) is 3.72. The number of amides is 1. The summed E-state index contributed by atoms with van der Waals surface area (Å²) in [7, 11) is 0. The Morgan fingerprint density at radius 1 is 1.35 bits per heavy atom. The molecule has 0 spiro atoms. The van der Waals surface area contributed by atoms with Gasteiger partial charge in [-0.05, 0) is 44.4 Å². The molecule has 1 aromatic carbocycles. The van der Waals surface area contributed by atoms with E-state index in [1.807, 2.05) is 31.2 Å². The van der Waals surface area contributed by atoms with Gasteiger partial charge in [-0.25, -0.2) is 0 Å². The van der Waals surface area contributed by atoms with Gasteiger partial charge in [0.1, 0.15) is 0 Å². The summed E-state index contributed by atoms with van der Waals surface area (Å²) < 4.78 is 0. The first kappa shape index (κ1) is 15.4. The summed E-state index contributed by atoms with van der Waals surface area (Å²) in [5.41, 5.74) is 0.887. The van der Waals surface area contributed by atoms with Gasteiger partial charge in [0, 0.05) is 10.9 Å². The largest absolute Gasteiger partial charge is 0.389 e. The van der Waals surface area contributed by atoms with Crippen molar-refractivity contribution in [2.45, 2.75) is 61.8 Å². The molecule has 0 aromatic heterocycles. The average Bonchev–Trinajstić information content (AvgIpc) is 2.91. The topological polar surface area (TPSA) is 49.3 Å². The highest BCUT2D eigenvalue weighted by Crippen LogP contribution is 2.27. The third-order valence-corrected chi connectivity index (χ3v) is 4.82. The predicted octanol–water partition coefficient (Wildman–Crippen LogP) is 3.28. The molecule has 2 atom stereocenters. The van der Waals surface area contributed by atoms with Crippen molar-refractivity contribution in [3.8, 4) is 0 Å². The number of nitrogens with one attached hydrogen (secondary N) is 1. The summed E-state index contributed by atoms with van der Waals surface area (Å²) in [5, 5.41) is 12.6. The Kier molecular flexibility index (Phi) is 5.49. The summed E-state index contributed by atoms with van der Waals surface area (Å²) in [5.74, 6) is 0.115. The molecule has 0 saturated heterocycles. The standard InChI is InChI=1S/C16H23NO2S/c1-11(18)13-6-5-9-15(10-13)20-12(2)16(19)17-14-7-3-4-8-14/h5-6,9-12,14,18H,3-4,7-8H2,1-2H3,(H,17,19). The fourth-order valence-corrected chi connectivity index (χ4v) is 3.44. The molecular formula is C16H23NO2S. The van der Waals surface area contributed by atoms with E-state index in [-0.39, 0.29) is 11.2 Å². The van der Waals surface area contributed by atoms with Gasteiger partial charge in [-0.1, -0.05) is 25.0 Å². The lowest BCUT2D eigenvalue weighted by molar-refractivity contribution is -0.120. The van der Waals surface area contributed by atoms with Crippen LogP contribution in [0, 0.1) is 0 Å². The molecule has 1 aliphatic rings. The second-order valence-corrected chi connectivity index (χ2v) is 6.91. The van der Waals surface area contributed by atoms with Crippen LogP contribution in [0.5, 0.6) is 0 Å². The second-order valence-electron chi connectivity index (χ2n) is 5.50. The molecule has 1 aromatic rings. The van der Waals surface area contributed by atoms with Gasteiger partial charge in [-0.15, -0.1) is 11.8 Å². The number of benzene rings is 1. The highest BCUT2D eigenvalue weighted by atomic mass is 32.2. The number of hydrogen-bond donors (Lipinski definition) is 2. The Hall–Kier alpha value is -1.00. The molecule has 2 N–H and O–H groups in total. The van der Waals surface area contributed by atoms with Crippen LogP contribution in [0.2, 0.25) is 0 Å². The van der Waals surface area contributed by atoms with Crippen LogP contribution in [-0.4, -0.2) is 22.3 Å². The molecule has 1 saturated carbocycles. The van der Waals surface area contributed by atoms with E-state index < -0.39 is 6.10 Å². The van der Waals surface area contributed by atoms with Crippen molar-refractivity contribution in [2.75, 3.05) is 0 Å². The van der Waals surface area contributed by atoms with Crippen molar-refractivity contribution in [3.05, 3.63) is 29.8 Å². The van der Waals surface area contributed by atoms with Crippen molar-refractivity contribution >= 4 is 17.7 Å². The quantitative estimate of drug-likeness (QED) is 0.819. The van der Waals surface area contributed by atoms with Crippen molar-refractivity contribution in [1.29, 1.82) is 0 Å². The SMILES string of the molecule is CC(Sc1cccc(C(C)O)c1)C(=O)NC1CCCC1. The van der Waals surface area contributed by atoms with Gasteiger partial charge < -0.3 is 10.4 Å². The molecule has 1 aliphatic carbocycles. The number of carbonyl (C=O) groups is 1. The maximum atomic E-state index is 12.1. The predicted molar refractivity (Wildman–Crippen MR) is 82.8 cm³/mol. The summed E-state index contributed by atoms with van der Waals surface area (Å²) in [6, 6.07) is 8.13. The Bertz CT molecular complexity index is 456. The van der Waals surface area contributed by atoms with Gasteiger partial charge >= 0.3 is 0 Å². The smallest absolute Gasteiger partial charge is 0.233 e. The van der Waals surface area contributed by atoms with Crippen LogP contribution < -0.4 is 5.32 Å². The van der Waals surface area contributed by atoms with Crippen LogP contribution in [0.3, 0.4) is 0 Å². The average molecular weight is 293 g/mol. The van der Waals surface area contributed by atoms with Gasteiger partial charge in [0.2, 0.25) is 5.91 Å². The lowest BCUT2D eigenvalue weighted by Gasteiger charge is -2.16. The van der Waals surface area contributed by atoms with Gasteiger partial charge in [-0.3, -0.25) is 4.79 Å². The lowest BCUT2D eigenvalue weighted by Crippen LogP contribution is -2.37. The molecule has 1 amide bonds. The number of thioether (sulfide) groups is 1. The third kappa shape index (κ3) is 4.25. The molecule has 0 bridgehead atoms. The molecule has 2 rings (SSSR count). The molecule has 4 heteroatoms.